The zero-order chi connectivity index (χ0) is 14.6. The molecule has 0 amide bonds. The van der Waals surface area contributed by atoms with Crippen LogP contribution in [0.3, 0.4) is 0 Å². The number of fused-ring (bicyclic) bond motifs is 1. The fraction of sp³-hybridized carbons (Fsp3) is 0.500. The van der Waals surface area contributed by atoms with Gasteiger partial charge in [0.25, 0.3) is 5.56 Å². The van der Waals surface area contributed by atoms with Gasteiger partial charge in [0.2, 0.25) is 0 Å². The SMILES string of the molecule is Cc1ccc2nc(CN3CC(O)(C4CC4)C3)cc(=O)n2c1. The normalized spacial score (nSPS) is 21.4. The quantitative estimate of drug-likeness (QED) is 0.912. The van der Waals surface area contributed by atoms with E-state index in [4.69, 9.17) is 0 Å². The number of β-amino-alcohol motifs (C(OH)–C–C–N with tert-alkyl or cyclic N) is 1. The lowest BCUT2D eigenvalue weighted by molar-refractivity contribution is -0.117. The number of aromatic nitrogens is 2. The molecule has 5 heteroatoms. The Hall–Kier alpha value is -1.72. The lowest BCUT2D eigenvalue weighted by Crippen LogP contribution is -2.62. The molecule has 1 aliphatic carbocycles. The van der Waals surface area contributed by atoms with Crippen LogP contribution in [-0.2, 0) is 6.54 Å². The number of nitrogens with zero attached hydrogens (tertiary/aromatic N) is 3. The largest absolute Gasteiger partial charge is 0.387 e. The van der Waals surface area contributed by atoms with Crippen molar-refractivity contribution in [2.45, 2.75) is 31.9 Å². The molecule has 4 rings (SSSR count). The minimum absolute atomic E-state index is 0.0447. The molecule has 1 N–H and O–H groups in total. The fourth-order valence-electron chi connectivity index (χ4n) is 3.29. The van der Waals surface area contributed by atoms with Crippen molar-refractivity contribution in [3.63, 3.8) is 0 Å². The summed E-state index contributed by atoms with van der Waals surface area (Å²) in [4.78, 5) is 18.8. The van der Waals surface area contributed by atoms with E-state index in [1.54, 1.807) is 10.5 Å². The standard InChI is InChI=1S/C16H19N3O2/c1-11-2-5-14-17-13(6-15(20)19(14)7-11)8-18-9-16(21,10-18)12-3-4-12/h2,5-7,12,21H,3-4,8-10H2,1H3. The third-order valence-electron chi connectivity index (χ3n) is 4.58. The number of likely N-dealkylation sites (tertiary alicyclic amines) is 1. The Balaban J connectivity index is 1.55. The van der Waals surface area contributed by atoms with Crippen LogP contribution < -0.4 is 5.56 Å². The molecule has 0 radical (unpaired) electrons. The molecule has 1 saturated carbocycles. The predicted octanol–water partition coefficient (Wildman–Crippen LogP) is 0.960. The van der Waals surface area contributed by atoms with Crippen molar-refractivity contribution in [2.24, 2.45) is 5.92 Å². The number of hydrogen-bond acceptors (Lipinski definition) is 4. The summed E-state index contributed by atoms with van der Waals surface area (Å²) >= 11 is 0. The second-order valence-corrected chi connectivity index (χ2v) is 6.54. The Bertz CT molecular complexity index is 758. The van der Waals surface area contributed by atoms with E-state index >= 15 is 0 Å². The summed E-state index contributed by atoms with van der Waals surface area (Å²) in [6, 6.07) is 5.43. The molecule has 0 bridgehead atoms. The summed E-state index contributed by atoms with van der Waals surface area (Å²) in [7, 11) is 0. The molecule has 2 aliphatic rings. The Morgan fingerprint density at radius 1 is 1.38 bits per heavy atom. The first kappa shape index (κ1) is 13.0. The van der Waals surface area contributed by atoms with Gasteiger partial charge in [-0.25, -0.2) is 4.98 Å². The van der Waals surface area contributed by atoms with Gasteiger partial charge in [0, 0.05) is 31.9 Å². The summed E-state index contributed by atoms with van der Waals surface area (Å²) in [6.07, 6.45) is 4.11. The van der Waals surface area contributed by atoms with E-state index in [0.29, 0.717) is 31.2 Å². The second-order valence-electron chi connectivity index (χ2n) is 6.54. The molecule has 1 saturated heterocycles. The first-order valence-electron chi connectivity index (χ1n) is 7.47. The molecule has 1 aliphatic heterocycles. The highest BCUT2D eigenvalue weighted by molar-refractivity contribution is 5.40. The highest BCUT2D eigenvalue weighted by Crippen LogP contribution is 2.44. The van der Waals surface area contributed by atoms with Gasteiger partial charge in [0.05, 0.1) is 11.3 Å². The number of aryl methyl sites for hydroxylation is 1. The van der Waals surface area contributed by atoms with Crippen molar-refractivity contribution in [1.82, 2.24) is 14.3 Å². The van der Waals surface area contributed by atoms with Crippen molar-refractivity contribution in [2.75, 3.05) is 13.1 Å². The smallest absolute Gasteiger partial charge is 0.258 e. The average molecular weight is 285 g/mol. The summed E-state index contributed by atoms with van der Waals surface area (Å²) in [5.41, 5.74) is 1.97. The fourth-order valence-corrected chi connectivity index (χ4v) is 3.29. The lowest BCUT2D eigenvalue weighted by atomic mass is 9.88. The summed E-state index contributed by atoms with van der Waals surface area (Å²) in [5, 5.41) is 10.3. The van der Waals surface area contributed by atoms with Gasteiger partial charge in [-0.05, 0) is 37.3 Å². The predicted molar refractivity (Wildman–Crippen MR) is 79.1 cm³/mol. The molecule has 2 aromatic rings. The van der Waals surface area contributed by atoms with Gasteiger partial charge in [-0.3, -0.25) is 14.1 Å². The number of hydrogen-bond donors (Lipinski definition) is 1. The van der Waals surface area contributed by atoms with Gasteiger partial charge >= 0.3 is 0 Å². The molecular weight excluding hydrogens is 266 g/mol. The van der Waals surface area contributed by atoms with Crippen molar-refractivity contribution in [3.05, 3.63) is 46.0 Å². The second kappa shape index (κ2) is 4.39. The molecule has 2 fully saturated rings. The third kappa shape index (κ3) is 2.26. The van der Waals surface area contributed by atoms with Crippen LogP contribution in [0, 0.1) is 12.8 Å². The average Bonchev–Trinajstić information content (AvgIpc) is 3.22. The molecule has 21 heavy (non-hydrogen) atoms. The molecule has 2 aromatic heterocycles. The maximum atomic E-state index is 12.1. The molecular formula is C16H19N3O2. The van der Waals surface area contributed by atoms with Crippen LogP contribution in [-0.4, -0.2) is 38.1 Å². The van der Waals surface area contributed by atoms with Crippen LogP contribution in [0.15, 0.2) is 29.2 Å². The minimum Gasteiger partial charge on any atom is -0.387 e. The van der Waals surface area contributed by atoms with Crippen LogP contribution >= 0.6 is 0 Å². The van der Waals surface area contributed by atoms with Crippen LogP contribution in [0.25, 0.3) is 5.65 Å². The molecule has 0 unspecified atom stereocenters. The Labute approximate surface area is 122 Å². The maximum absolute atomic E-state index is 12.1. The van der Waals surface area contributed by atoms with Gasteiger partial charge in [-0.2, -0.15) is 0 Å². The van der Waals surface area contributed by atoms with Crippen molar-refractivity contribution in [1.29, 1.82) is 0 Å². The Kier molecular flexibility index (Phi) is 2.71. The number of aliphatic hydroxyl groups is 1. The van der Waals surface area contributed by atoms with E-state index in [2.05, 4.69) is 9.88 Å². The van der Waals surface area contributed by atoms with Crippen molar-refractivity contribution in [3.8, 4) is 0 Å². The zero-order valence-corrected chi connectivity index (χ0v) is 12.1. The van der Waals surface area contributed by atoms with Gasteiger partial charge < -0.3 is 5.11 Å². The maximum Gasteiger partial charge on any atom is 0.258 e. The van der Waals surface area contributed by atoms with Gasteiger partial charge in [-0.1, -0.05) is 6.07 Å². The van der Waals surface area contributed by atoms with E-state index in [1.807, 2.05) is 25.3 Å². The Morgan fingerprint density at radius 2 is 2.14 bits per heavy atom. The van der Waals surface area contributed by atoms with Crippen LogP contribution in [0.2, 0.25) is 0 Å². The number of rotatable bonds is 3. The van der Waals surface area contributed by atoms with E-state index in [9.17, 15) is 9.90 Å². The highest BCUT2D eigenvalue weighted by atomic mass is 16.3. The number of pyridine rings is 1. The zero-order valence-electron chi connectivity index (χ0n) is 12.1. The van der Waals surface area contributed by atoms with Crippen LogP contribution in [0.1, 0.15) is 24.1 Å². The van der Waals surface area contributed by atoms with Gasteiger partial charge in [0.1, 0.15) is 5.65 Å². The monoisotopic (exact) mass is 285 g/mol. The van der Waals surface area contributed by atoms with Gasteiger partial charge in [-0.15, -0.1) is 0 Å². The summed E-state index contributed by atoms with van der Waals surface area (Å²) in [6.45, 7) is 3.99. The summed E-state index contributed by atoms with van der Waals surface area (Å²) < 4.78 is 1.58. The first-order chi connectivity index (χ1) is 10.0. The van der Waals surface area contributed by atoms with E-state index in [0.717, 1.165) is 24.1 Å². The summed E-state index contributed by atoms with van der Waals surface area (Å²) in [5.74, 6) is 0.493. The lowest BCUT2D eigenvalue weighted by Gasteiger charge is -2.46. The Morgan fingerprint density at radius 3 is 2.86 bits per heavy atom. The van der Waals surface area contributed by atoms with Gasteiger partial charge in [0.15, 0.2) is 0 Å². The van der Waals surface area contributed by atoms with Crippen molar-refractivity contribution < 1.29 is 5.11 Å². The molecule has 0 atom stereocenters. The van der Waals surface area contributed by atoms with Crippen molar-refractivity contribution >= 4 is 5.65 Å². The highest BCUT2D eigenvalue weighted by Gasteiger charge is 2.51. The van der Waals surface area contributed by atoms with E-state index < -0.39 is 5.60 Å². The van der Waals surface area contributed by atoms with E-state index in [1.165, 1.54) is 0 Å². The molecule has 110 valence electrons. The first-order valence-corrected chi connectivity index (χ1v) is 7.47. The molecule has 3 heterocycles. The molecule has 0 spiro atoms. The molecule has 0 aromatic carbocycles. The minimum atomic E-state index is -0.483. The topological polar surface area (TPSA) is 57.8 Å². The molecule has 5 nitrogen and oxygen atoms in total. The third-order valence-corrected chi connectivity index (χ3v) is 4.58. The van der Waals surface area contributed by atoms with Crippen LogP contribution in [0.5, 0.6) is 0 Å². The van der Waals surface area contributed by atoms with Crippen LogP contribution in [0.4, 0.5) is 0 Å². The van der Waals surface area contributed by atoms with E-state index in [-0.39, 0.29) is 5.56 Å².